The second kappa shape index (κ2) is 8.89. The number of aromatic nitrogens is 7. The number of hydrogen-bond acceptors (Lipinski definition) is 5. The molecule has 0 amide bonds. The number of halogens is 2. The zero-order chi connectivity index (χ0) is 20.9. The van der Waals surface area contributed by atoms with Gasteiger partial charge in [-0.1, -0.05) is 61.9 Å². The summed E-state index contributed by atoms with van der Waals surface area (Å²) in [4.78, 5) is 4.03. The molecule has 154 valence electrons. The molecular formula is C21H21F2N7. The van der Waals surface area contributed by atoms with Gasteiger partial charge in [0.2, 0.25) is 0 Å². The van der Waals surface area contributed by atoms with Gasteiger partial charge in [-0.3, -0.25) is 0 Å². The van der Waals surface area contributed by atoms with Crippen LogP contribution < -0.4 is 0 Å². The van der Waals surface area contributed by atoms with Crippen molar-refractivity contribution < 1.29 is 8.78 Å². The van der Waals surface area contributed by atoms with Crippen LogP contribution in [0.2, 0.25) is 0 Å². The second-order valence-electron chi connectivity index (χ2n) is 6.94. The summed E-state index contributed by atoms with van der Waals surface area (Å²) in [6, 6.07) is 15.5. The summed E-state index contributed by atoms with van der Waals surface area (Å²) in [5, 5.41) is 18.3. The summed E-state index contributed by atoms with van der Waals surface area (Å²) in [6.07, 6.45) is -0.211. The highest BCUT2D eigenvalue weighted by molar-refractivity contribution is 5.80. The van der Waals surface area contributed by atoms with E-state index in [0.29, 0.717) is 18.1 Å². The first-order valence-corrected chi connectivity index (χ1v) is 9.80. The average molecular weight is 409 g/mol. The summed E-state index contributed by atoms with van der Waals surface area (Å²) in [7, 11) is 0. The highest BCUT2D eigenvalue weighted by Crippen LogP contribution is 2.30. The van der Waals surface area contributed by atoms with Crippen LogP contribution in [-0.2, 0) is 13.0 Å². The van der Waals surface area contributed by atoms with Crippen molar-refractivity contribution in [3.8, 4) is 22.5 Å². The minimum atomic E-state index is -2.66. The van der Waals surface area contributed by atoms with Crippen LogP contribution in [0.3, 0.4) is 0 Å². The summed E-state index contributed by atoms with van der Waals surface area (Å²) in [6.45, 7) is 2.29. The number of tetrazole rings is 1. The van der Waals surface area contributed by atoms with Crippen LogP contribution in [0.25, 0.3) is 22.5 Å². The van der Waals surface area contributed by atoms with Crippen LogP contribution in [-0.4, -0.2) is 35.4 Å². The largest absolute Gasteiger partial charge is 0.297 e. The van der Waals surface area contributed by atoms with Crippen molar-refractivity contribution >= 4 is 0 Å². The number of aryl methyl sites for hydroxylation is 1. The Hall–Kier alpha value is -3.49. The van der Waals surface area contributed by atoms with Crippen molar-refractivity contribution in [1.82, 2.24) is 35.4 Å². The highest BCUT2D eigenvalue weighted by Gasteiger charge is 2.19. The number of nitrogens with one attached hydrogen (secondary N) is 1. The van der Waals surface area contributed by atoms with Gasteiger partial charge < -0.3 is 0 Å². The fourth-order valence-electron chi connectivity index (χ4n) is 3.30. The highest BCUT2D eigenvalue weighted by atomic mass is 19.3. The van der Waals surface area contributed by atoms with Gasteiger partial charge in [0.1, 0.15) is 0 Å². The first-order valence-electron chi connectivity index (χ1n) is 9.80. The molecule has 2 aromatic carbocycles. The van der Waals surface area contributed by atoms with Crippen molar-refractivity contribution in [3.05, 3.63) is 65.7 Å². The lowest BCUT2D eigenvalue weighted by atomic mass is 9.98. The van der Waals surface area contributed by atoms with Crippen molar-refractivity contribution in [3.63, 3.8) is 0 Å². The van der Waals surface area contributed by atoms with Gasteiger partial charge in [0.15, 0.2) is 17.5 Å². The van der Waals surface area contributed by atoms with Gasteiger partial charge in [0, 0.05) is 12.0 Å². The molecule has 2 heterocycles. The molecule has 4 rings (SSSR count). The van der Waals surface area contributed by atoms with Gasteiger partial charge in [-0.2, -0.15) is 5.10 Å². The molecule has 9 heteroatoms. The van der Waals surface area contributed by atoms with Gasteiger partial charge in [0.05, 0.1) is 6.54 Å². The monoisotopic (exact) mass is 409 g/mol. The Bertz CT molecular complexity index is 1090. The average Bonchev–Trinajstić information content (AvgIpc) is 3.43. The molecule has 0 radical (unpaired) electrons. The van der Waals surface area contributed by atoms with Crippen LogP contribution in [0.4, 0.5) is 8.78 Å². The van der Waals surface area contributed by atoms with Crippen molar-refractivity contribution in [2.24, 2.45) is 0 Å². The van der Waals surface area contributed by atoms with Gasteiger partial charge in [-0.15, -0.1) is 5.10 Å². The second-order valence-corrected chi connectivity index (χ2v) is 6.94. The number of benzene rings is 2. The topological polar surface area (TPSA) is 85.2 Å². The summed E-state index contributed by atoms with van der Waals surface area (Å²) in [5.74, 6) is 0.769. The molecule has 7 nitrogen and oxygen atoms in total. The molecule has 1 N–H and O–H groups in total. The summed E-state index contributed by atoms with van der Waals surface area (Å²) < 4.78 is 28.1. The molecule has 0 aliphatic rings. The molecule has 0 atom stereocenters. The maximum atomic E-state index is 13.4. The Morgan fingerprint density at radius 2 is 1.80 bits per heavy atom. The Labute approximate surface area is 172 Å². The first-order chi connectivity index (χ1) is 14.7. The zero-order valence-electron chi connectivity index (χ0n) is 16.5. The van der Waals surface area contributed by atoms with Gasteiger partial charge in [0.25, 0.3) is 6.43 Å². The maximum absolute atomic E-state index is 13.4. The molecule has 0 saturated heterocycles. The Balaban J connectivity index is 1.58. The lowest BCUT2D eigenvalue weighted by Crippen LogP contribution is -2.07. The fraction of sp³-hybridized carbons (Fsp3) is 0.286. The number of rotatable bonds is 8. The van der Waals surface area contributed by atoms with Crippen LogP contribution in [0.1, 0.15) is 43.4 Å². The molecule has 2 aromatic heterocycles. The predicted molar refractivity (Wildman–Crippen MR) is 108 cm³/mol. The molecule has 30 heavy (non-hydrogen) atoms. The maximum Gasteiger partial charge on any atom is 0.297 e. The van der Waals surface area contributed by atoms with E-state index in [0.717, 1.165) is 35.1 Å². The molecule has 0 aliphatic heterocycles. The lowest BCUT2D eigenvalue weighted by molar-refractivity contribution is 0.134. The third-order valence-corrected chi connectivity index (χ3v) is 4.82. The smallest absolute Gasteiger partial charge is 0.240 e. The number of aromatic amines is 1. The third kappa shape index (κ3) is 4.24. The molecule has 0 unspecified atom stereocenters. The van der Waals surface area contributed by atoms with Crippen molar-refractivity contribution in [2.75, 3.05) is 0 Å². The Morgan fingerprint density at radius 1 is 1.03 bits per heavy atom. The van der Waals surface area contributed by atoms with Crippen molar-refractivity contribution in [1.29, 1.82) is 0 Å². The van der Waals surface area contributed by atoms with E-state index in [2.05, 4.69) is 30.7 Å². The zero-order valence-corrected chi connectivity index (χ0v) is 16.5. The molecule has 0 aliphatic carbocycles. The normalized spacial score (nSPS) is 11.3. The van der Waals surface area contributed by atoms with Gasteiger partial charge in [-0.25, -0.2) is 23.5 Å². The lowest BCUT2D eigenvalue weighted by Gasteiger charge is -2.09. The standard InChI is InChI=1S/C21H21F2N7/c1-2-3-8-18-24-21(19(22)23)30(27-18)13-14-9-11-15(12-10-14)16-6-4-5-7-17(16)20-25-28-29-26-20/h4-7,9-12,19H,2-3,8,13H2,1H3,(H,25,26,28,29). The van der Waals surface area contributed by atoms with E-state index >= 15 is 0 Å². The van der Waals surface area contributed by atoms with Crippen LogP contribution >= 0.6 is 0 Å². The number of nitrogens with zero attached hydrogens (tertiary/aromatic N) is 6. The summed E-state index contributed by atoms with van der Waals surface area (Å²) in [5.41, 5.74) is 3.69. The first kappa shape index (κ1) is 19.8. The SMILES string of the molecule is CCCCc1nc(C(F)F)n(Cc2ccc(-c3ccccc3-c3nnn[nH]3)cc2)n1. The molecule has 0 spiro atoms. The minimum absolute atomic E-state index is 0.243. The third-order valence-electron chi connectivity index (χ3n) is 4.82. The van der Waals surface area contributed by atoms with Crippen LogP contribution in [0, 0.1) is 0 Å². The molecular weight excluding hydrogens is 388 g/mol. The van der Waals surface area contributed by atoms with Gasteiger partial charge >= 0.3 is 0 Å². The number of H-pyrrole nitrogens is 1. The number of alkyl halides is 2. The van der Waals surface area contributed by atoms with E-state index < -0.39 is 6.43 Å². The van der Waals surface area contributed by atoms with E-state index in [4.69, 9.17) is 0 Å². The number of hydrogen-bond donors (Lipinski definition) is 1. The predicted octanol–water partition coefficient (Wildman–Crippen LogP) is 4.45. The van der Waals surface area contributed by atoms with Crippen LogP contribution in [0.15, 0.2) is 48.5 Å². The van der Waals surface area contributed by atoms with E-state index in [1.165, 1.54) is 4.68 Å². The Morgan fingerprint density at radius 3 is 2.47 bits per heavy atom. The van der Waals surface area contributed by atoms with E-state index in [1.807, 2.05) is 55.5 Å². The quantitative estimate of drug-likeness (QED) is 0.465. The summed E-state index contributed by atoms with van der Waals surface area (Å²) >= 11 is 0. The fourth-order valence-corrected chi connectivity index (χ4v) is 3.30. The number of unbranched alkanes of at least 4 members (excludes halogenated alkanes) is 1. The van der Waals surface area contributed by atoms with E-state index in [9.17, 15) is 8.78 Å². The van der Waals surface area contributed by atoms with Crippen molar-refractivity contribution in [2.45, 2.75) is 39.2 Å². The molecule has 4 aromatic rings. The molecule has 0 bridgehead atoms. The van der Waals surface area contributed by atoms with Gasteiger partial charge in [-0.05, 0) is 33.5 Å². The Kier molecular flexibility index (Phi) is 5.87. The van der Waals surface area contributed by atoms with E-state index in [-0.39, 0.29) is 12.4 Å². The minimum Gasteiger partial charge on any atom is -0.240 e. The van der Waals surface area contributed by atoms with Crippen LogP contribution in [0.5, 0.6) is 0 Å². The van der Waals surface area contributed by atoms with E-state index in [1.54, 1.807) is 0 Å². The molecule has 0 fully saturated rings. The molecule has 0 saturated carbocycles.